The molecule has 0 fully saturated rings. The van der Waals surface area contributed by atoms with Crippen LogP contribution in [0.5, 0.6) is 0 Å². The van der Waals surface area contributed by atoms with Crippen molar-refractivity contribution in [1.29, 1.82) is 0 Å². The molecule has 128 valence electrons. The number of hydrogen-bond donors (Lipinski definition) is 1. The van der Waals surface area contributed by atoms with Crippen LogP contribution in [0.15, 0.2) is 40.3 Å². The zero-order valence-electron chi connectivity index (χ0n) is 14.9. The van der Waals surface area contributed by atoms with Crippen LogP contribution in [0, 0.1) is 5.41 Å². The summed E-state index contributed by atoms with van der Waals surface area (Å²) in [4.78, 5) is 6.03. The van der Waals surface area contributed by atoms with E-state index in [0.29, 0.717) is 0 Å². The summed E-state index contributed by atoms with van der Waals surface area (Å²) < 4.78 is 3.27. The van der Waals surface area contributed by atoms with Crippen molar-refractivity contribution < 1.29 is 0 Å². The van der Waals surface area contributed by atoms with Gasteiger partial charge in [-0.1, -0.05) is 26.8 Å². The van der Waals surface area contributed by atoms with Gasteiger partial charge in [0.1, 0.15) is 17.2 Å². The van der Waals surface area contributed by atoms with E-state index >= 15 is 0 Å². The minimum absolute atomic E-state index is 0.0344. The van der Waals surface area contributed by atoms with Crippen molar-refractivity contribution in [3.05, 3.63) is 40.3 Å². The van der Waals surface area contributed by atoms with Crippen molar-refractivity contribution in [2.75, 3.05) is 5.32 Å². The molecule has 0 spiro atoms. The summed E-state index contributed by atoms with van der Waals surface area (Å²) in [7, 11) is 0. The Morgan fingerprint density at radius 3 is 2.50 bits per heavy atom. The van der Waals surface area contributed by atoms with Gasteiger partial charge in [-0.05, 0) is 65.9 Å². The highest BCUT2D eigenvalue weighted by atomic mass is 79.9. The smallest absolute Gasteiger partial charge is 0.140 e. The minimum Gasteiger partial charge on any atom is -0.364 e. The molecule has 0 aliphatic carbocycles. The standard InChI is InChI=1S/C19H24BrN3S/c1-18(2,3)12-19(4,5)22-17-16(13-9-10-14(20)24-13)21-15-8-6-7-11-23(15)17/h6-11,22H,12H2,1-5H3. The molecule has 0 amide bonds. The fourth-order valence-electron chi connectivity index (χ4n) is 3.42. The lowest BCUT2D eigenvalue weighted by molar-refractivity contribution is 0.302. The van der Waals surface area contributed by atoms with E-state index in [0.717, 1.165) is 27.4 Å². The molecule has 0 aliphatic rings. The molecular formula is C19H24BrN3S. The third-order valence-corrected chi connectivity index (χ3v) is 5.40. The lowest BCUT2D eigenvalue weighted by Gasteiger charge is -2.34. The Bertz CT molecular complexity index is 855. The van der Waals surface area contributed by atoms with Gasteiger partial charge in [-0.25, -0.2) is 4.98 Å². The summed E-state index contributed by atoms with van der Waals surface area (Å²) in [6, 6.07) is 10.3. The predicted molar refractivity (Wildman–Crippen MR) is 108 cm³/mol. The number of anilines is 1. The van der Waals surface area contributed by atoms with Crippen LogP contribution in [-0.4, -0.2) is 14.9 Å². The normalized spacial score (nSPS) is 12.8. The average molecular weight is 406 g/mol. The van der Waals surface area contributed by atoms with Crippen molar-refractivity contribution in [1.82, 2.24) is 9.38 Å². The second kappa shape index (κ2) is 6.19. The first-order valence-electron chi connectivity index (χ1n) is 8.16. The molecule has 5 heteroatoms. The maximum atomic E-state index is 4.87. The highest BCUT2D eigenvalue weighted by Gasteiger charge is 2.28. The number of imidazole rings is 1. The quantitative estimate of drug-likeness (QED) is 0.539. The van der Waals surface area contributed by atoms with Gasteiger partial charge in [0.15, 0.2) is 0 Å². The van der Waals surface area contributed by atoms with E-state index in [2.05, 4.69) is 78.6 Å². The Labute approximate surface area is 156 Å². The van der Waals surface area contributed by atoms with Crippen LogP contribution in [-0.2, 0) is 0 Å². The Morgan fingerprint density at radius 1 is 1.12 bits per heavy atom. The highest BCUT2D eigenvalue weighted by molar-refractivity contribution is 9.11. The molecule has 0 atom stereocenters. The monoisotopic (exact) mass is 405 g/mol. The van der Waals surface area contributed by atoms with Crippen molar-refractivity contribution in [3.8, 4) is 10.6 Å². The summed E-state index contributed by atoms with van der Waals surface area (Å²) in [6.07, 6.45) is 3.14. The second-order valence-electron chi connectivity index (χ2n) is 8.09. The van der Waals surface area contributed by atoms with Gasteiger partial charge in [0.05, 0.1) is 8.66 Å². The maximum Gasteiger partial charge on any atom is 0.140 e. The lowest BCUT2D eigenvalue weighted by Crippen LogP contribution is -2.36. The SMILES string of the molecule is CC(C)(C)CC(C)(C)Nc1c(-c2ccc(Br)s2)nc2ccccn12. The molecule has 3 aromatic rings. The number of fused-ring (bicyclic) bond motifs is 1. The van der Waals surface area contributed by atoms with Gasteiger partial charge in [0.2, 0.25) is 0 Å². The zero-order chi connectivity index (χ0) is 17.5. The van der Waals surface area contributed by atoms with Gasteiger partial charge in [-0.3, -0.25) is 4.40 Å². The van der Waals surface area contributed by atoms with E-state index in [9.17, 15) is 0 Å². The molecular weight excluding hydrogens is 382 g/mol. The number of nitrogens with one attached hydrogen (secondary N) is 1. The molecule has 0 saturated carbocycles. The Balaban J connectivity index is 2.08. The first-order valence-corrected chi connectivity index (χ1v) is 9.77. The first kappa shape index (κ1) is 17.5. The van der Waals surface area contributed by atoms with Gasteiger partial charge in [-0.15, -0.1) is 11.3 Å². The number of pyridine rings is 1. The average Bonchev–Trinajstić information content (AvgIpc) is 3.00. The predicted octanol–water partition coefficient (Wildman–Crippen LogP) is 6.45. The summed E-state index contributed by atoms with van der Waals surface area (Å²) in [5, 5.41) is 3.77. The number of rotatable bonds is 4. The van der Waals surface area contributed by atoms with E-state index in [1.807, 2.05) is 18.2 Å². The van der Waals surface area contributed by atoms with Crippen LogP contribution in [0.4, 0.5) is 5.82 Å². The Kier molecular flexibility index (Phi) is 4.51. The van der Waals surface area contributed by atoms with E-state index in [4.69, 9.17) is 4.98 Å². The van der Waals surface area contributed by atoms with Crippen LogP contribution in [0.1, 0.15) is 41.0 Å². The van der Waals surface area contributed by atoms with Crippen LogP contribution < -0.4 is 5.32 Å². The molecule has 0 saturated heterocycles. The minimum atomic E-state index is -0.0344. The van der Waals surface area contributed by atoms with Crippen LogP contribution >= 0.6 is 27.3 Å². The third-order valence-electron chi connectivity index (χ3n) is 3.77. The number of thiophene rings is 1. The summed E-state index contributed by atoms with van der Waals surface area (Å²) >= 11 is 5.27. The molecule has 0 radical (unpaired) electrons. The molecule has 0 unspecified atom stereocenters. The molecule has 3 aromatic heterocycles. The van der Waals surface area contributed by atoms with Gasteiger partial charge in [0, 0.05) is 11.7 Å². The third kappa shape index (κ3) is 3.83. The first-order chi connectivity index (χ1) is 11.1. The van der Waals surface area contributed by atoms with Crippen LogP contribution in [0.2, 0.25) is 0 Å². The summed E-state index contributed by atoms with van der Waals surface area (Å²) in [5.41, 5.74) is 2.20. The summed E-state index contributed by atoms with van der Waals surface area (Å²) in [6.45, 7) is 11.4. The van der Waals surface area contributed by atoms with Crippen LogP contribution in [0.25, 0.3) is 16.2 Å². The molecule has 3 heterocycles. The molecule has 0 aromatic carbocycles. The number of halogens is 1. The molecule has 24 heavy (non-hydrogen) atoms. The summed E-state index contributed by atoms with van der Waals surface area (Å²) in [5.74, 6) is 1.06. The Hall–Kier alpha value is -1.33. The van der Waals surface area contributed by atoms with Gasteiger partial charge >= 0.3 is 0 Å². The fourth-order valence-corrected chi connectivity index (χ4v) is 4.80. The van der Waals surface area contributed by atoms with Gasteiger partial charge in [-0.2, -0.15) is 0 Å². The number of aromatic nitrogens is 2. The lowest BCUT2D eigenvalue weighted by atomic mass is 9.82. The molecule has 3 nitrogen and oxygen atoms in total. The van der Waals surface area contributed by atoms with E-state index < -0.39 is 0 Å². The molecule has 1 N–H and O–H groups in total. The van der Waals surface area contributed by atoms with Crippen molar-refractivity contribution in [2.45, 2.75) is 46.6 Å². The number of nitrogens with zero attached hydrogens (tertiary/aromatic N) is 2. The zero-order valence-corrected chi connectivity index (χ0v) is 17.3. The number of hydrogen-bond acceptors (Lipinski definition) is 3. The van der Waals surface area contributed by atoms with E-state index in [1.54, 1.807) is 11.3 Å². The van der Waals surface area contributed by atoms with Crippen molar-refractivity contribution >= 4 is 38.7 Å². The largest absolute Gasteiger partial charge is 0.364 e. The van der Waals surface area contributed by atoms with E-state index in [1.165, 1.54) is 4.88 Å². The van der Waals surface area contributed by atoms with Crippen LogP contribution in [0.3, 0.4) is 0 Å². The molecule has 3 rings (SSSR count). The maximum absolute atomic E-state index is 4.87. The molecule has 0 bridgehead atoms. The Morgan fingerprint density at radius 2 is 1.88 bits per heavy atom. The topological polar surface area (TPSA) is 29.3 Å². The second-order valence-corrected chi connectivity index (χ2v) is 10.6. The van der Waals surface area contributed by atoms with E-state index in [-0.39, 0.29) is 11.0 Å². The molecule has 0 aliphatic heterocycles. The van der Waals surface area contributed by atoms with Gasteiger partial charge in [0.25, 0.3) is 0 Å². The van der Waals surface area contributed by atoms with Crippen molar-refractivity contribution in [2.24, 2.45) is 5.41 Å². The van der Waals surface area contributed by atoms with Gasteiger partial charge < -0.3 is 5.32 Å². The highest BCUT2D eigenvalue weighted by Crippen LogP contribution is 2.38. The van der Waals surface area contributed by atoms with Crippen molar-refractivity contribution in [3.63, 3.8) is 0 Å². The fraction of sp³-hybridized carbons (Fsp3) is 0.421.